The Kier molecular flexibility index (Phi) is 7.96. The molecule has 1 aliphatic rings. The number of thiazole rings is 1. The molecule has 1 aliphatic heterocycles. The zero-order valence-electron chi connectivity index (χ0n) is 19.7. The third-order valence-corrected chi connectivity index (χ3v) is 5.93. The zero-order chi connectivity index (χ0) is 27.5. The molecule has 2 atom stereocenters. The number of oxime groups is 1. The van der Waals surface area contributed by atoms with Crippen LogP contribution in [-0.2, 0) is 29.1 Å². The number of hydrogen-bond donors (Lipinski definition) is 5. The van der Waals surface area contributed by atoms with Gasteiger partial charge in [0.2, 0.25) is 0 Å². The number of nitrogen functional groups attached to an aromatic ring is 2. The van der Waals surface area contributed by atoms with Crippen molar-refractivity contribution in [3.63, 3.8) is 0 Å². The van der Waals surface area contributed by atoms with E-state index in [0.29, 0.717) is 16.5 Å². The van der Waals surface area contributed by atoms with E-state index in [2.05, 4.69) is 24.7 Å². The smallest absolute Gasteiger partial charge is 0.418 e. The first-order chi connectivity index (χ1) is 17.2. The highest BCUT2D eigenvalue weighted by Crippen LogP contribution is 2.33. The summed E-state index contributed by atoms with van der Waals surface area (Å²) in [5, 5.41) is 15.7. The zero-order valence-corrected chi connectivity index (χ0v) is 21.4. The predicted molar refractivity (Wildman–Crippen MR) is 130 cm³/mol. The van der Waals surface area contributed by atoms with Crippen LogP contribution in [0.15, 0.2) is 28.9 Å². The Morgan fingerprint density at radius 2 is 2.11 bits per heavy atom. The topological polar surface area (TPSA) is 246 Å². The van der Waals surface area contributed by atoms with Crippen molar-refractivity contribution in [1.29, 1.82) is 5.41 Å². The molecule has 3 rings (SSSR count). The van der Waals surface area contributed by atoms with Gasteiger partial charge in [0.15, 0.2) is 16.9 Å². The molecule has 2 amide bonds. The number of nitrogens with zero attached hydrogens (tertiary/aromatic N) is 4. The van der Waals surface area contributed by atoms with Crippen molar-refractivity contribution >= 4 is 50.2 Å². The molecule has 1 unspecified atom stereocenters. The summed E-state index contributed by atoms with van der Waals surface area (Å²) < 4.78 is 40.7. The number of ether oxygens (including phenoxy) is 1. The Hall–Kier alpha value is -3.87. The van der Waals surface area contributed by atoms with Gasteiger partial charge in [0.05, 0.1) is 11.7 Å². The first kappa shape index (κ1) is 27.7. The maximum Gasteiger partial charge on any atom is 0.418 e. The number of aromatic nitrogens is 2. The number of anilines is 1. The molecule has 1 saturated heterocycles. The van der Waals surface area contributed by atoms with Crippen molar-refractivity contribution in [1.82, 2.24) is 20.3 Å². The quantitative estimate of drug-likeness (QED) is 0.0768. The third kappa shape index (κ3) is 6.67. The molecule has 2 aromatic rings. The van der Waals surface area contributed by atoms with E-state index < -0.39 is 39.9 Å². The van der Waals surface area contributed by atoms with E-state index in [9.17, 15) is 18.0 Å². The van der Waals surface area contributed by atoms with Gasteiger partial charge in [-0.1, -0.05) is 5.16 Å². The number of carbonyl (C=O) groups is 2. The molecular formula is C19H24N8O8S2. The van der Waals surface area contributed by atoms with E-state index in [1.807, 2.05) is 0 Å². The lowest BCUT2D eigenvalue weighted by Crippen LogP contribution is -2.76. The molecule has 200 valence electrons. The van der Waals surface area contributed by atoms with Gasteiger partial charge in [-0.25, -0.2) is 9.97 Å². The van der Waals surface area contributed by atoms with Gasteiger partial charge < -0.3 is 26.4 Å². The molecule has 18 heteroatoms. The average molecular weight is 557 g/mol. The third-order valence-electron chi connectivity index (χ3n) is 4.92. The number of pyridine rings is 1. The molecule has 0 radical (unpaired) electrons. The normalized spacial score (nSPS) is 18.1. The largest absolute Gasteiger partial charge is 0.488 e. The monoisotopic (exact) mass is 556 g/mol. The maximum atomic E-state index is 13.0. The molecule has 0 saturated carbocycles. The van der Waals surface area contributed by atoms with E-state index in [1.165, 1.54) is 31.5 Å². The second-order valence-corrected chi connectivity index (χ2v) is 10.1. The number of amidine groups is 1. The Morgan fingerprint density at radius 1 is 1.41 bits per heavy atom. The average Bonchev–Trinajstić information content (AvgIpc) is 3.25. The Labute approximate surface area is 215 Å². The number of nitrogens with two attached hydrogens (primary N) is 2. The summed E-state index contributed by atoms with van der Waals surface area (Å²) >= 11 is 1.05. The van der Waals surface area contributed by atoms with Gasteiger partial charge in [0.1, 0.15) is 35.6 Å². The summed E-state index contributed by atoms with van der Waals surface area (Å²) in [4.78, 5) is 38.8. The highest BCUT2D eigenvalue weighted by molar-refractivity contribution is 7.80. The number of hydroxylamine groups is 2. The molecule has 16 nitrogen and oxygen atoms in total. The lowest BCUT2D eigenvalue weighted by atomic mass is 9.84. The van der Waals surface area contributed by atoms with E-state index in [4.69, 9.17) is 31.0 Å². The molecular weight excluding hydrogens is 532 g/mol. The molecule has 3 heterocycles. The minimum Gasteiger partial charge on any atom is -0.488 e. The Morgan fingerprint density at radius 3 is 2.62 bits per heavy atom. The van der Waals surface area contributed by atoms with Gasteiger partial charge in [-0.15, -0.1) is 15.6 Å². The fourth-order valence-corrected chi connectivity index (χ4v) is 4.03. The summed E-state index contributed by atoms with van der Waals surface area (Å²) in [5.74, 6) is -1.57. The fraction of sp³-hybridized carbons (Fsp3) is 0.368. The van der Waals surface area contributed by atoms with Crippen LogP contribution in [0.1, 0.15) is 32.2 Å². The van der Waals surface area contributed by atoms with Crippen LogP contribution in [0.4, 0.5) is 5.13 Å². The summed E-state index contributed by atoms with van der Waals surface area (Å²) in [6.45, 7) is 4.45. The molecule has 1 fully saturated rings. The SMILES string of the molecule is CC(COc1ccc(C(=N)N)nc1)O/N=C(\C(=O)N[C@@H]1C(=O)N(OS(=O)(=O)O)C1(C)C)c1csc(N)n1. The van der Waals surface area contributed by atoms with Crippen molar-refractivity contribution in [2.24, 2.45) is 10.9 Å². The number of β-lactam (4-membered cyclic amide) rings is 1. The van der Waals surface area contributed by atoms with E-state index in [-0.39, 0.29) is 29.0 Å². The summed E-state index contributed by atoms with van der Waals surface area (Å²) in [6, 6.07) is 1.87. The van der Waals surface area contributed by atoms with Crippen molar-refractivity contribution in [2.75, 3.05) is 12.3 Å². The highest BCUT2D eigenvalue weighted by atomic mass is 32.3. The minimum atomic E-state index is -4.95. The van der Waals surface area contributed by atoms with Crippen LogP contribution < -0.4 is 21.5 Å². The standard InChI is InChI=1S/C19H24N8O8S2/c1-9(7-33-10-4-5-11(15(20)21)23-6-10)34-26-13(12-8-36-18(22)24-12)16(28)25-14-17(29)27(19(14,2)3)35-37(30,31)32/h4-6,8-9,14H,7H2,1-3H3,(H3,20,21)(H2,22,24)(H,25,28)(H,30,31,32)/b26-13-/t9?,14-/m1/s1. The van der Waals surface area contributed by atoms with E-state index in [1.54, 1.807) is 13.0 Å². The van der Waals surface area contributed by atoms with Crippen LogP contribution in [0.2, 0.25) is 0 Å². The summed E-state index contributed by atoms with van der Waals surface area (Å²) in [6.07, 6.45) is 0.725. The second kappa shape index (κ2) is 10.6. The van der Waals surface area contributed by atoms with Gasteiger partial charge in [0.25, 0.3) is 11.8 Å². The van der Waals surface area contributed by atoms with Gasteiger partial charge in [-0.05, 0) is 32.9 Å². The van der Waals surface area contributed by atoms with Crippen LogP contribution in [0.25, 0.3) is 0 Å². The Bertz CT molecular complexity index is 1330. The molecule has 0 aromatic carbocycles. The van der Waals surface area contributed by atoms with Crippen molar-refractivity contribution < 1.29 is 36.4 Å². The first-order valence-electron chi connectivity index (χ1n) is 10.4. The summed E-state index contributed by atoms with van der Waals surface area (Å²) in [7, 11) is -4.95. The number of rotatable bonds is 11. The highest BCUT2D eigenvalue weighted by Gasteiger charge is 2.58. The molecule has 7 N–H and O–H groups in total. The van der Waals surface area contributed by atoms with Gasteiger partial charge in [0, 0.05) is 5.38 Å². The first-order valence-corrected chi connectivity index (χ1v) is 12.6. The summed E-state index contributed by atoms with van der Waals surface area (Å²) in [5.41, 5.74) is 9.77. The molecule has 0 aliphatic carbocycles. The van der Waals surface area contributed by atoms with E-state index >= 15 is 0 Å². The number of nitrogens with one attached hydrogen (secondary N) is 2. The van der Waals surface area contributed by atoms with Gasteiger partial charge in [-0.3, -0.25) is 19.6 Å². The van der Waals surface area contributed by atoms with Crippen LogP contribution in [0.3, 0.4) is 0 Å². The molecule has 2 aromatic heterocycles. The van der Waals surface area contributed by atoms with Crippen LogP contribution >= 0.6 is 11.3 Å². The number of carbonyl (C=O) groups excluding carboxylic acids is 2. The van der Waals surface area contributed by atoms with Gasteiger partial charge >= 0.3 is 10.4 Å². The lowest BCUT2D eigenvalue weighted by Gasteiger charge is -2.50. The van der Waals surface area contributed by atoms with Crippen molar-refractivity contribution in [2.45, 2.75) is 38.5 Å². The van der Waals surface area contributed by atoms with Crippen LogP contribution in [0, 0.1) is 5.41 Å². The predicted octanol–water partition coefficient (Wildman–Crippen LogP) is -0.567. The fourth-order valence-electron chi connectivity index (χ4n) is 3.03. The van der Waals surface area contributed by atoms with E-state index in [0.717, 1.165) is 11.3 Å². The van der Waals surface area contributed by atoms with Crippen LogP contribution in [-0.4, -0.2) is 75.7 Å². The molecule has 0 bridgehead atoms. The molecule has 0 spiro atoms. The Balaban J connectivity index is 1.68. The van der Waals surface area contributed by atoms with Gasteiger partial charge in [-0.2, -0.15) is 13.5 Å². The lowest BCUT2D eigenvalue weighted by molar-refractivity contribution is -0.218. The van der Waals surface area contributed by atoms with Crippen molar-refractivity contribution in [3.05, 3.63) is 35.1 Å². The maximum absolute atomic E-state index is 13.0. The minimum absolute atomic E-state index is 0.00871. The molecule has 37 heavy (non-hydrogen) atoms. The van der Waals surface area contributed by atoms with Crippen molar-refractivity contribution in [3.8, 4) is 5.75 Å². The second-order valence-electron chi connectivity index (χ2n) is 8.23. The number of amides is 2. The van der Waals surface area contributed by atoms with Crippen LogP contribution in [0.5, 0.6) is 5.75 Å². The number of hydrogen-bond acceptors (Lipinski definition) is 13.